The van der Waals surface area contributed by atoms with Crippen molar-refractivity contribution in [3.05, 3.63) is 70.5 Å². The Morgan fingerprint density at radius 2 is 1.80 bits per heavy atom. The molecule has 0 radical (unpaired) electrons. The van der Waals surface area contributed by atoms with Gasteiger partial charge in [-0.15, -0.1) is 10.2 Å². The number of ether oxygens (including phenoxy) is 2. The quantitative estimate of drug-likeness (QED) is 0.646. The highest BCUT2D eigenvalue weighted by atomic mass is 16.5. The van der Waals surface area contributed by atoms with Crippen LogP contribution in [0.25, 0.3) is 16.6 Å². The molecule has 0 fully saturated rings. The second-order valence-corrected chi connectivity index (χ2v) is 7.64. The number of hydrogen-bond donors (Lipinski definition) is 1. The molecule has 1 N–H and O–H groups in total. The van der Waals surface area contributed by atoms with Gasteiger partial charge < -0.3 is 14.8 Å². The van der Waals surface area contributed by atoms with Crippen molar-refractivity contribution in [2.24, 2.45) is 0 Å². The predicted octanol–water partition coefficient (Wildman–Crippen LogP) is 5.03. The number of aryl methyl sites for hydroxylation is 3. The first-order valence-electron chi connectivity index (χ1n) is 9.95. The van der Waals surface area contributed by atoms with Gasteiger partial charge in [-0.2, -0.15) is 0 Å². The fourth-order valence-electron chi connectivity index (χ4n) is 3.62. The number of nitrogens with zero attached hydrogens (tertiary/aromatic N) is 3. The number of aromatic nitrogens is 3. The third kappa shape index (κ3) is 4.04. The van der Waals surface area contributed by atoms with Crippen LogP contribution in [-0.4, -0.2) is 35.5 Å². The molecule has 154 valence electrons. The Labute approximate surface area is 176 Å². The van der Waals surface area contributed by atoms with Crippen LogP contribution in [0.1, 0.15) is 28.7 Å². The first kappa shape index (κ1) is 20.0. The van der Waals surface area contributed by atoms with E-state index in [0.29, 0.717) is 5.95 Å². The number of benzene rings is 2. The van der Waals surface area contributed by atoms with E-state index in [2.05, 4.69) is 47.6 Å². The second-order valence-electron chi connectivity index (χ2n) is 7.64. The van der Waals surface area contributed by atoms with E-state index in [1.54, 1.807) is 14.2 Å². The first-order chi connectivity index (χ1) is 14.5. The fourth-order valence-corrected chi connectivity index (χ4v) is 3.62. The van der Waals surface area contributed by atoms with E-state index in [9.17, 15) is 0 Å². The molecule has 3 aromatic rings. The molecule has 0 saturated heterocycles. The summed E-state index contributed by atoms with van der Waals surface area (Å²) in [6.07, 6.45) is 4.81. The molecule has 1 heterocycles. The number of fused-ring (bicyclic) bond motifs is 1. The standard InChI is InChI=1S/C24H26N4O2/c1-14-6-7-19(9-15(14)2)25-24-26-23-16(3)8-17(12-22(23)27-28-24)18-10-20(29-4)13-21(11-18)30-5/h6-10,12-13,21H,11H2,1-5H3,(H,25,26,28). The number of anilines is 2. The Hall–Kier alpha value is -3.25. The highest BCUT2D eigenvalue weighted by Crippen LogP contribution is 2.31. The van der Waals surface area contributed by atoms with Crippen LogP contribution in [-0.2, 0) is 9.47 Å². The van der Waals surface area contributed by atoms with Crippen molar-refractivity contribution in [2.45, 2.75) is 33.3 Å². The molecule has 0 bridgehead atoms. The van der Waals surface area contributed by atoms with Gasteiger partial charge in [-0.1, -0.05) is 6.07 Å². The summed E-state index contributed by atoms with van der Waals surface area (Å²) in [6.45, 7) is 6.23. The zero-order valence-corrected chi connectivity index (χ0v) is 18.0. The van der Waals surface area contributed by atoms with Crippen molar-refractivity contribution >= 4 is 28.2 Å². The minimum Gasteiger partial charge on any atom is -0.497 e. The number of nitrogens with one attached hydrogen (secondary N) is 1. The van der Waals surface area contributed by atoms with Crippen molar-refractivity contribution in [3.63, 3.8) is 0 Å². The van der Waals surface area contributed by atoms with E-state index in [1.165, 1.54) is 11.1 Å². The van der Waals surface area contributed by atoms with Crippen molar-refractivity contribution < 1.29 is 9.47 Å². The zero-order valence-electron chi connectivity index (χ0n) is 18.0. The molecular weight excluding hydrogens is 376 g/mol. The van der Waals surface area contributed by atoms with Crippen LogP contribution in [0, 0.1) is 20.8 Å². The van der Waals surface area contributed by atoms with Gasteiger partial charge in [-0.3, -0.25) is 0 Å². The number of rotatable bonds is 5. The maximum Gasteiger partial charge on any atom is 0.247 e. The molecule has 1 atom stereocenters. The fraction of sp³-hybridized carbons (Fsp3) is 0.292. The third-order valence-corrected chi connectivity index (χ3v) is 5.51. The lowest BCUT2D eigenvalue weighted by molar-refractivity contribution is 0.139. The molecule has 4 rings (SSSR count). The molecule has 0 spiro atoms. The summed E-state index contributed by atoms with van der Waals surface area (Å²) in [7, 11) is 3.38. The highest BCUT2D eigenvalue weighted by Gasteiger charge is 2.18. The van der Waals surface area contributed by atoms with Gasteiger partial charge in [-0.05, 0) is 85.0 Å². The summed E-state index contributed by atoms with van der Waals surface area (Å²) in [6, 6.07) is 10.3. The van der Waals surface area contributed by atoms with E-state index >= 15 is 0 Å². The van der Waals surface area contributed by atoms with Crippen LogP contribution in [0.4, 0.5) is 11.6 Å². The van der Waals surface area contributed by atoms with Crippen molar-refractivity contribution in [1.82, 2.24) is 15.2 Å². The predicted molar refractivity (Wildman–Crippen MR) is 120 cm³/mol. The number of hydrogen-bond acceptors (Lipinski definition) is 6. The smallest absolute Gasteiger partial charge is 0.247 e. The van der Waals surface area contributed by atoms with Gasteiger partial charge in [0.15, 0.2) is 0 Å². The molecule has 0 amide bonds. The molecule has 0 aliphatic heterocycles. The molecule has 1 aliphatic rings. The summed E-state index contributed by atoms with van der Waals surface area (Å²) < 4.78 is 11.0. The maximum absolute atomic E-state index is 5.53. The van der Waals surface area contributed by atoms with Gasteiger partial charge in [0.25, 0.3) is 0 Å². The lowest BCUT2D eigenvalue weighted by Crippen LogP contribution is -2.13. The van der Waals surface area contributed by atoms with E-state index in [0.717, 1.165) is 45.6 Å². The van der Waals surface area contributed by atoms with Crippen molar-refractivity contribution in [3.8, 4) is 0 Å². The number of allylic oxidation sites excluding steroid dienone is 1. The van der Waals surface area contributed by atoms with Gasteiger partial charge in [0.1, 0.15) is 11.3 Å². The van der Waals surface area contributed by atoms with E-state index < -0.39 is 0 Å². The summed E-state index contributed by atoms with van der Waals surface area (Å²) in [5, 5.41) is 12.0. The third-order valence-electron chi connectivity index (χ3n) is 5.51. The lowest BCUT2D eigenvalue weighted by Gasteiger charge is -2.21. The van der Waals surface area contributed by atoms with E-state index in [1.807, 2.05) is 31.2 Å². The van der Waals surface area contributed by atoms with Gasteiger partial charge in [0.05, 0.1) is 18.7 Å². The summed E-state index contributed by atoms with van der Waals surface area (Å²) in [5.41, 5.74) is 8.28. The second kappa shape index (κ2) is 8.24. The Bertz CT molecular complexity index is 1170. The monoisotopic (exact) mass is 402 g/mol. The Balaban J connectivity index is 1.67. The average molecular weight is 402 g/mol. The first-order valence-corrected chi connectivity index (χ1v) is 9.95. The lowest BCUT2D eigenvalue weighted by atomic mass is 9.93. The summed E-state index contributed by atoms with van der Waals surface area (Å²) in [5.74, 6) is 1.29. The maximum atomic E-state index is 5.53. The largest absolute Gasteiger partial charge is 0.497 e. The van der Waals surface area contributed by atoms with Crippen LogP contribution < -0.4 is 5.32 Å². The van der Waals surface area contributed by atoms with Crippen LogP contribution >= 0.6 is 0 Å². The van der Waals surface area contributed by atoms with Crippen molar-refractivity contribution in [1.29, 1.82) is 0 Å². The van der Waals surface area contributed by atoms with Gasteiger partial charge >= 0.3 is 0 Å². The van der Waals surface area contributed by atoms with E-state index in [4.69, 9.17) is 14.5 Å². The molecule has 0 saturated carbocycles. The molecule has 6 nitrogen and oxygen atoms in total. The average Bonchev–Trinajstić information content (AvgIpc) is 2.76. The molecule has 1 unspecified atom stereocenters. The Morgan fingerprint density at radius 1 is 0.967 bits per heavy atom. The minimum absolute atomic E-state index is 0.00953. The zero-order chi connectivity index (χ0) is 21.3. The topological polar surface area (TPSA) is 69.2 Å². The van der Waals surface area contributed by atoms with Gasteiger partial charge in [0.2, 0.25) is 5.95 Å². The van der Waals surface area contributed by atoms with E-state index in [-0.39, 0.29) is 6.10 Å². The minimum atomic E-state index is -0.00953. The van der Waals surface area contributed by atoms with Crippen LogP contribution in [0.15, 0.2) is 48.2 Å². The number of methoxy groups -OCH3 is 2. The molecule has 30 heavy (non-hydrogen) atoms. The molecule has 6 heteroatoms. The summed E-state index contributed by atoms with van der Waals surface area (Å²) >= 11 is 0. The Morgan fingerprint density at radius 3 is 2.53 bits per heavy atom. The Kier molecular flexibility index (Phi) is 5.50. The molecular formula is C24H26N4O2. The highest BCUT2D eigenvalue weighted by molar-refractivity contribution is 5.84. The van der Waals surface area contributed by atoms with Gasteiger partial charge in [-0.25, -0.2) is 4.98 Å². The SMILES string of the molecule is COC1=CC(OC)CC(c2cc(C)c3nc(Nc4ccc(C)c(C)c4)nnc3c2)=C1. The van der Waals surface area contributed by atoms with Gasteiger partial charge in [0, 0.05) is 19.2 Å². The van der Waals surface area contributed by atoms with Crippen molar-refractivity contribution in [2.75, 3.05) is 19.5 Å². The molecule has 1 aromatic heterocycles. The molecule has 1 aliphatic carbocycles. The van der Waals surface area contributed by atoms with Crippen LogP contribution in [0.3, 0.4) is 0 Å². The molecule has 2 aromatic carbocycles. The van der Waals surface area contributed by atoms with Crippen LogP contribution in [0.5, 0.6) is 0 Å². The summed E-state index contributed by atoms with van der Waals surface area (Å²) in [4.78, 5) is 4.71. The normalized spacial score (nSPS) is 16.2. The van der Waals surface area contributed by atoms with Crippen LogP contribution in [0.2, 0.25) is 0 Å².